The molecule has 6 nitrogen and oxygen atoms in total. The van der Waals surface area contributed by atoms with E-state index < -0.39 is 0 Å². The molecule has 2 aromatic carbocycles. The second-order valence-corrected chi connectivity index (χ2v) is 13.0. The summed E-state index contributed by atoms with van der Waals surface area (Å²) in [5.41, 5.74) is 5.44. The largest absolute Gasteiger partial charge is 0.377 e. The smallest absolute Gasteiger partial charge is 0.249 e. The van der Waals surface area contributed by atoms with Crippen molar-refractivity contribution in [1.29, 1.82) is 0 Å². The number of aryl methyl sites for hydroxylation is 1. The van der Waals surface area contributed by atoms with Crippen molar-refractivity contribution in [2.75, 3.05) is 30.0 Å². The molecular weight excluding hydrogens is 537 g/mol. The molecule has 0 bridgehead atoms. The SMILES string of the molecule is Cc1ccc(C(CC(C)C)Nc2ccc3c(c2)Sc2cccc(C4COCCN4c4cc[nH]c(=O)c4)c2S3)nc1. The third-order valence-electron chi connectivity index (χ3n) is 7.30. The summed E-state index contributed by atoms with van der Waals surface area (Å²) in [4.78, 5) is 26.9. The fraction of sp³-hybridized carbons (Fsp3) is 0.312. The van der Waals surface area contributed by atoms with Crippen LogP contribution in [0.3, 0.4) is 0 Å². The molecule has 2 unspecified atom stereocenters. The van der Waals surface area contributed by atoms with Gasteiger partial charge >= 0.3 is 0 Å². The summed E-state index contributed by atoms with van der Waals surface area (Å²) in [6.45, 7) is 8.57. The van der Waals surface area contributed by atoms with E-state index in [1.165, 1.54) is 30.7 Å². The standard InChI is InChI=1S/C32H34N4O2S2/c1-20(2)15-26(25-9-7-21(3)18-34-25)35-22-8-10-28-30(16-22)39-29-6-4-5-24(32(29)40-28)27-19-38-14-13-36(27)23-11-12-33-31(37)17-23/h4-12,16-18,20,26-27,35H,13-15,19H2,1-3H3,(H,33,37). The van der Waals surface area contributed by atoms with Crippen molar-refractivity contribution < 1.29 is 4.74 Å². The Hall–Kier alpha value is -3.20. The van der Waals surface area contributed by atoms with Gasteiger partial charge in [0.2, 0.25) is 5.56 Å². The number of hydrogen-bond acceptors (Lipinski definition) is 7. The first-order chi connectivity index (χ1) is 19.4. The van der Waals surface area contributed by atoms with Gasteiger partial charge < -0.3 is 19.9 Å². The molecule has 2 aliphatic rings. The maximum absolute atomic E-state index is 12.1. The normalized spacial score (nSPS) is 17.3. The number of benzene rings is 2. The number of nitrogens with zero attached hydrogens (tertiary/aromatic N) is 2. The number of nitrogens with one attached hydrogen (secondary N) is 2. The fourth-order valence-corrected chi connectivity index (χ4v) is 7.82. The number of hydrogen-bond donors (Lipinski definition) is 2. The summed E-state index contributed by atoms with van der Waals surface area (Å²) in [6, 6.07) is 21.4. The van der Waals surface area contributed by atoms with E-state index in [0.717, 1.165) is 30.0 Å². The van der Waals surface area contributed by atoms with Gasteiger partial charge in [-0.25, -0.2) is 0 Å². The molecule has 206 valence electrons. The number of aromatic amines is 1. The number of pyridine rings is 2. The molecule has 8 heteroatoms. The molecule has 6 rings (SSSR count). The minimum Gasteiger partial charge on any atom is -0.377 e. The average Bonchev–Trinajstić information content (AvgIpc) is 2.95. The van der Waals surface area contributed by atoms with E-state index in [9.17, 15) is 4.79 Å². The quantitative estimate of drug-likeness (QED) is 0.210. The number of H-pyrrole nitrogens is 1. The lowest BCUT2D eigenvalue weighted by molar-refractivity contribution is 0.0933. The molecule has 1 saturated heterocycles. The Balaban J connectivity index is 1.27. The highest BCUT2D eigenvalue weighted by Gasteiger charge is 2.30. The van der Waals surface area contributed by atoms with Crippen LogP contribution in [-0.4, -0.2) is 29.7 Å². The molecule has 2 aliphatic heterocycles. The number of rotatable bonds is 7. The Kier molecular flexibility index (Phi) is 7.91. The molecule has 0 spiro atoms. The molecule has 2 N–H and O–H groups in total. The third-order valence-corrected chi connectivity index (χ3v) is 9.91. The zero-order valence-corrected chi connectivity index (χ0v) is 24.6. The van der Waals surface area contributed by atoms with Gasteiger partial charge in [-0.15, -0.1) is 0 Å². The Bertz CT molecular complexity index is 1550. The topological polar surface area (TPSA) is 70.2 Å². The highest BCUT2D eigenvalue weighted by atomic mass is 32.2. The molecule has 0 amide bonds. The van der Waals surface area contributed by atoms with E-state index >= 15 is 0 Å². The summed E-state index contributed by atoms with van der Waals surface area (Å²) in [5, 5.41) is 3.78. The van der Waals surface area contributed by atoms with Crippen LogP contribution in [-0.2, 0) is 4.74 Å². The lowest BCUT2D eigenvalue weighted by Gasteiger charge is -2.39. The molecule has 0 radical (unpaired) electrons. The average molecular weight is 571 g/mol. The summed E-state index contributed by atoms with van der Waals surface area (Å²) < 4.78 is 5.94. The van der Waals surface area contributed by atoms with Gasteiger partial charge in [-0.05, 0) is 66.8 Å². The van der Waals surface area contributed by atoms with Gasteiger partial charge in [-0.3, -0.25) is 9.78 Å². The van der Waals surface area contributed by atoms with Crippen molar-refractivity contribution >= 4 is 34.9 Å². The second-order valence-electron chi connectivity index (χ2n) is 10.8. The summed E-state index contributed by atoms with van der Waals surface area (Å²) in [6.07, 6.45) is 4.68. The van der Waals surface area contributed by atoms with Crippen LogP contribution in [0.5, 0.6) is 0 Å². The lowest BCUT2D eigenvalue weighted by Crippen LogP contribution is -2.40. The van der Waals surface area contributed by atoms with Crippen LogP contribution >= 0.6 is 23.5 Å². The summed E-state index contributed by atoms with van der Waals surface area (Å²) in [5.74, 6) is 0.547. The van der Waals surface area contributed by atoms with E-state index in [4.69, 9.17) is 9.72 Å². The highest BCUT2D eigenvalue weighted by Crippen LogP contribution is 2.52. The minimum absolute atomic E-state index is 0.0416. The van der Waals surface area contributed by atoms with Crippen LogP contribution < -0.4 is 15.8 Å². The van der Waals surface area contributed by atoms with Crippen molar-refractivity contribution in [3.05, 3.63) is 100 Å². The van der Waals surface area contributed by atoms with E-state index in [1.807, 2.05) is 35.8 Å². The maximum Gasteiger partial charge on any atom is 0.249 e. The molecular formula is C32H34N4O2S2. The molecule has 40 heavy (non-hydrogen) atoms. The van der Waals surface area contributed by atoms with Gasteiger partial charge in [0.1, 0.15) is 0 Å². The molecule has 4 aromatic rings. The van der Waals surface area contributed by atoms with Crippen LogP contribution in [0, 0.1) is 12.8 Å². The Morgan fingerprint density at radius 3 is 2.77 bits per heavy atom. The van der Waals surface area contributed by atoms with Gasteiger partial charge in [0.15, 0.2) is 0 Å². The van der Waals surface area contributed by atoms with Gasteiger partial charge in [0, 0.05) is 56.0 Å². The first-order valence-corrected chi connectivity index (χ1v) is 15.4. The monoisotopic (exact) mass is 570 g/mol. The Morgan fingerprint density at radius 2 is 1.98 bits per heavy atom. The summed E-state index contributed by atoms with van der Waals surface area (Å²) in [7, 11) is 0. The number of fused-ring (bicyclic) bond motifs is 2. The van der Waals surface area contributed by atoms with Crippen molar-refractivity contribution in [1.82, 2.24) is 9.97 Å². The van der Waals surface area contributed by atoms with Crippen LogP contribution in [0.2, 0.25) is 0 Å². The van der Waals surface area contributed by atoms with Gasteiger partial charge in [0.25, 0.3) is 0 Å². The van der Waals surface area contributed by atoms with Crippen molar-refractivity contribution in [3.8, 4) is 0 Å². The first kappa shape index (κ1) is 27.0. The number of ether oxygens (including phenoxy) is 1. The molecule has 2 atom stereocenters. The minimum atomic E-state index is -0.0881. The molecule has 2 aromatic heterocycles. The Morgan fingerprint density at radius 1 is 1.07 bits per heavy atom. The molecule has 1 fully saturated rings. The number of morpholine rings is 1. The van der Waals surface area contributed by atoms with E-state index in [2.05, 4.69) is 84.5 Å². The zero-order valence-electron chi connectivity index (χ0n) is 23.0. The van der Waals surface area contributed by atoms with Crippen LogP contribution in [0.4, 0.5) is 11.4 Å². The van der Waals surface area contributed by atoms with E-state index in [-0.39, 0.29) is 17.6 Å². The van der Waals surface area contributed by atoms with E-state index in [1.54, 1.807) is 12.3 Å². The van der Waals surface area contributed by atoms with E-state index in [0.29, 0.717) is 19.1 Å². The Labute approximate surface area is 244 Å². The van der Waals surface area contributed by atoms with Crippen LogP contribution in [0.1, 0.15) is 49.2 Å². The van der Waals surface area contributed by atoms with Gasteiger partial charge in [0.05, 0.1) is 31.0 Å². The van der Waals surface area contributed by atoms with Crippen LogP contribution in [0.25, 0.3) is 0 Å². The van der Waals surface area contributed by atoms with Gasteiger partial charge in [-0.2, -0.15) is 0 Å². The number of anilines is 2. The van der Waals surface area contributed by atoms with Crippen molar-refractivity contribution in [2.24, 2.45) is 5.92 Å². The maximum atomic E-state index is 12.1. The molecule has 0 aliphatic carbocycles. The zero-order chi connectivity index (χ0) is 27.6. The first-order valence-electron chi connectivity index (χ1n) is 13.8. The molecule has 4 heterocycles. The fourth-order valence-electron chi connectivity index (χ4n) is 5.37. The predicted octanol–water partition coefficient (Wildman–Crippen LogP) is 7.47. The second kappa shape index (κ2) is 11.7. The van der Waals surface area contributed by atoms with Crippen molar-refractivity contribution in [2.45, 2.75) is 58.9 Å². The lowest BCUT2D eigenvalue weighted by atomic mass is 10.00. The molecule has 0 saturated carbocycles. The number of aromatic nitrogens is 2. The third kappa shape index (κ3) is 5.80. The highest BCUT2D eigenvalue weighted by molar-refractivity contribution is 8.05. The summed E-state index contributed by atoms with van der Waals surface area (Å²) >= 11 is 3.65. The predicted molar refractivity (Wildman–Crippen MR) is 164 cm³/mol. The van der Waals surface area contributed by atoms with Crippen LogP contribution in [0.15, 0.2) is 97.4 Å². The van der Waals surface area contributed by atoms with Crippen molar-refractivity contribution in [3.63, 3.8) is 0 Å². The van der Waals surface area contributed by atoms with Gasteiger partial charge in [-0.1, -0.05) is 55.6 Å².